The quantitative estimate of drug-likeness (QED) is 0.308. The zero-order valence-electron chi connectivity index (χ0n) is 13.3. The molecule has 7 nitrogen and oxygen atoms in total. The van der Waals surface area contributed by atoms with E-state index in [2.05, 4.69) is 16.6 Å². The Kier molecular flexibility index (Phi) is 5.38. The van der Waals surface area contributed by atoms with Crippen molar-refractivity contribution in [3.8, 4) is 12.3 Å². The fourth-order valence-corrected chi connectivity index (χ4v) is 2.17. The maximum Gasteiger partial charge on any atom is 0.267 e. The number of rotatable bonds is 6. The number of nitrogens with two attached hydrogens (primary N) is 2. The van der Waals surface area contributed by atoms with Gasteiger partial charge in [0, 0.05) is 16.9 Å². The van der Waals surface area contributed by atoms with Gasteiger partial charge in [-0.15, -0.1) is 6.42 Å². The summed E-state index contributed by atoms with van der Waals surface area (Å²) in [5.74, 6) is 1.18. The lowest BCUT2D eigenvalue weighted by Crippen LogP contribution is -2.24. The van der Waals surface area contributed by atoms with Gasteiger partial charge in [0.05, 0.1) is 17.8 Å². The van der Waals surface area contributed by atoms with E-state index in [0.717, 1.165) is 0 Å². The number of nitrogens with one attached hydrogen (secondary N) is 3. The summed E-state index contributed by atoms with van der Waals surface area (Å²) in [6, 6.07) is 11.6. The van der Waals surface area contributed by atoms with Crippen LogP contribution in [0, 0.1) is 17.8 Å². The monoisotopic (exact) mass is 335 g/mol. The number of anilines is 3. The Hall–Kier alpha value is -3.79. The number of nitrogen functional groups attached to an aromatic ring is 1. The number of primary amides is 1. The normalized spacial score (nSPS) is 9.72. The smallest absolute Gasteiger partial charge is 0.267 e. The molecule has 2 aromatic rings. The lowest BCUT2D eigenvalue weighted by atomic mass is 10.1. The summed E-state index contributed by atoms with van der Waals surface area (Å²) in [5.41, 5.74) is 12.7. The van der Waals surface area contributed by atoms with Gasteiger partial charge >= 0.3 is 0 Å². The molecule has 2 rings (SSSR count). The molecule has 0 bridgehead atoms. The Balaban J connectivity index is 2.28. The molecule has 2 amide bonds. The van der Waals surface area contributed by atoms with Crippen LogP contribution in [0.3, 0.4) is 0 Å². The summed E-state index contributed by atoms with van der Waals surface area (Å²) in [4.78, 5) is 23.3. The maximum absolute atomic E-state index is 12.1. The van der Waals surface area contributed by atoms with Gasteiger partial charge < -0.3 is 22.1 Å². The average molecular weight is 335 g/mol. The van der Waals surface area contributed by atoms with Crippen molar-refractivity contribution in [2.75, 3.05) is 17.6 Å². The van der Waals surface area contributed by atoms with Crippen molar-refractivity contribution in [3.63, 3.8) is 0 Å². The number of carbonyl (C=O) groups excluding carboxylic acids is 2. The van der Waals surface area contributed by atoms with Gasteiger partial charge in [0.2, 0.25) is 0 Å². The number of carbonyl (C=O) groups is 2. The first kappa shape index (κ1) is 17.6. The average Bonchev–Trinajstić information content (AvgIpc) is 2.59. The first-order chi connectivity index (χ1) is 11.9. The zero-order chi connectivity index (χ0) is 18.4. The molecule has 2 aromatic carbocycles. The SMILES string of the molecule is C#CCNC(=O)c1ccccc1Nc1ccc(C(=N)C(N)=O)c(N)c1. The molecule has 0 unspecified atom stereocenters. The first-order valence-electron chi connectivity index (χ1n) is 7.30. The standard InChI is InChI=1S/C18H17N5O2/c1-2-9-22-18(25)13-5-3-4-6-15(13)23-11-7-8-12(14(19)10-11)16(20)17(21)24/h1,3-8,10,20,23H,9,19H2,(H2,21,24)(H,22,25). The van der Waals surface area contributed by atoms with Crippen molar-refractivity contribution in [1.82, 2.24) is 5.32 Å². The summed E-state index contributed by atoms with van der Waals surface area (Å²) >= 11 is 0. The molecule has 25 heavy (non-hydrogen) atoms. The molecule has 0 aromatic heterocycles. The molecular weight excluding hydrogens is 318 g/mol. The van der Waals surface area contributed by atoms with Gasteiger partial charge in [-0.1, -0.05) is 18.1 Å². The number of terminal acetylenes is 1. The van der Waals surface area contributed by atoms with Gasteiger partial charge in [-0.05, 0) is 30.3 Å². The maximum atomic E-state index is 12.1. The van der Waals surface area contributed by atoms with Crippen LogP contribution >= 0.6 is 0 Å². The molecule has 0 fully saturated rings. The molecule has 0 radical (unpaired) electrons. The van der Waals surface area contributed by atoms with Crippen LogP contribution in [0.5, 0.6) is 0 Å². The third-order valence-electron chi connectivity index (χ3n) is 3.37. The van der Waals surface area contributed by atoms with Crippen molar-refractivity contribution >= 4 is 34.6 Å². The Morgan fingerprint density at radius 2 is 1.88 bits per heavy atom. The minimum Gasteiger partial charge on any atom is -0.398 e. The van der Waals surface area contributed by atoms with Crippen molar-refractivity contribution in [2.24, 2.45) is 5.73 Å². The lowest BCUT2D eigenvalue weighted by molar-refractivity contribution is -0.112. The van der Waals surface area contributed by atoms with Gasteiger partial charge in [-0.3, -0.25) is 15.0 Å². The zero-order valence-corrected chi connectivity index (χ0v) is 13.3. The highest BCUT2D eigenvalue weighted by atomic mass is 16.2. The van der Waals surface area contributed by atoms with E-state index in [0.29, 0.717) is 16.9 Å². The van der Waals surface area contributed by atoms with Crippen molar-refractivity contribution in [3.05, 3.63) is 53.6 Å². The van der Waals surface area contributed by atoms with Crippen molar-refractivity contribution in [2.45, 2.75) is 0 Å². The third kappa shape index (κ3) is 4.14. The van der Waals surface area contributed by atoms with Gasteiger partial charge in [0.15, 0.2) is 0 Å². The van der Waals surface area contributed by atoms with E-state index in [1.165, 1.54) is 6.07 Å². The minimum absolute atomic E-state index is 0.129. The molecule has 7 N–H and O–H groups in total. The lowest BCUT2D eigenvalue weighted by Gasteiger charge is -2.13. The molecular formula is C18H17N5O2. The van der Waals surface area contributed by atoms with Crippen LogP contribution < -0.4 is 22.1 Å². The Morgan fingerprint density at radius 1 is 1.16 bits per heavy atom. The minimum atomic E-state index is -0.858. The third-order valence-corrected chi connectivity index (χ3v) is 3.37. The predicted octanol–water partition coefficient (Wildman–Crippen LogP) is 1.23. The van der Waals surface area contributed by atoms with Crippen molar-refractivity contribution < 1.29 is 9.59 Å². The van der Waals surface area contributed by atoms with E-state index >= 15 is 0 Å². The second-order valence-corrected chi connectivity index (χ2v) is 5.10. The molecule has 126 valence electrons. The fourth-order valence-electron chi connectivity index (χ4n) is 2.17. The molecule has 0 aliphatic carbocycles. The van der Waals surface area contributed by atoms with Gasteiger partial charge in [0.25, 0.3) is 11.8 Å². The van der Waals surface area contributed by atoms with Crippen LogP contribution in [0.4, 0.5) is 17.1 Å². The second kappa shape index (κ2) is 7.66. The molecule has 0 heterocycles. The number of amides is 2. The van der Waals surface area contributed by atoms with E-state index in [1.54, 1.807) is 36.4 Å². The summed E-state index contributed by atoms with van der Waals surface area (Å²) in [7, 11) is 0. The Morgan fingerprint density at radius 3 is 2.52 bits per heavy atom. The number of para-hydroxylation sites is 1. The number of hydrogen-bond acceptors (Lipinski definition) is 5. The summed E-state index contributed by atoms with van der Waals surface area (Å²) in [5, 5.41) is 13.3. The topological polar surface area (TPSA) is 134 Å². The van der Waals surface area contributed by atoms with Crippen LogP contribution in [-0.4, -0.2) is 24.1 Å². The van der Waals surface area contributed by atoms with Gasteiger partial charge in [-0.2, -0.15) is 0 Å². The summed E-state index contributed by atoms with van der Waals surface area (Å²) < 4.78 is 0. The molecule has 0 atom stereocenters. The second-order valence-electron chi connectivity index (χ2n) is 5.10. The first-order valence-corrected chi connectivity index (χ1v) is 7.30. The van der Waals surface area contributed by atoms with Crippen LogP contribution in [0.15, 0.2) is 42.5 Å². The van der Waals surface area contributed by atoms with Gasteiger partial charge in [-0.25, -0.2) is 0 Å². The summed E-state index contributed by atoms with van der Waals surface area (Å²) in [6.07, 6.45) is 5.15. The van der Waals surface area contributed by atoms with E-state index in [1.807, 2.05) is 0 Å². The number of benzene rings is 2. The molecule has 0 spiro atoms. The fraction of sp³-hybridized carbons (Fsp3) is 0.0556. The van der Waals surface area contributed by atoms with Gasteiger partial charge in [0.1, 0.15) is 5.71 Å². The molecule has 0 aliphatic heterocycles. The van der Waals surface area contributed by atoms with E-state index in [-0.39, 0.29) is 29.4 Å². The van der Waals surface area contributed by atoms with E-state index < -0.39 is 5.91 Å². The summed E-state index contributed by atoms with van der Waals surface area (Å²) in [6.45, 7) is 0.129. The van der Waals surface area contributed by atoms with E-state index in [4.69, 9.17) is 23.3 Å². The van der Waals surface area contributed by atoms with Crippen LogP contribution in [0.25, 0.3) is 0 Å². The van der Waals surface area contributed by atoms with E-state index in [9.17, 15) is 9.59 Å². The predicted molar refractivity (Wildman–Crippen MR) is 97.8 cm³/mol. The largest absolute Gasteiger partial charge is 0.398 e. The number of hydrogen-bond donors (Lipinski definition) is 5. The van der Waals surface area contributed by atoms with Crippen LogP contribution in [0.2, 0.25) is 0 Å². The molecule has 0 aliphatic rings. The molecule has 0 saturated heterocycles. The van der Waals surface area contributed by atoms with Crippen LogP contribution in [0.1, 0.15) is 15.9 Å². The molecule has 0 saturated carbocycles. The van der Waals surface area contributed by atoms with Crippen LogP contribution in [-0.2, 0) is 4.79 Å². The Bertz CT molecular complexity index is 883. The van der Waals surface area contributed by atoms with Crippen molar-refractivity contribution in [1.29, 1.82) is 5.41 Å². The Labute approximate surface area is 144 Å². The highest BCUT2D eigenvalue weighted by molar-refractivity contribution is 6.44. The molecule has 7 heteroatoms. The highest BCUT2D eigenvalue weighted by Crippen LogP contribution is 2.24. The highest BCUT2D eigenvalue weighted by Gasteiger charge is 2.13.